The van der Waals surface area contributed by atoms with Crippen molar-refractivity contribution < 1.29 is 14.3 Å². The highest BCUT2D eigenvalue weighted by Crippen LogP contribution is 2.24. The Bertz CT molecular complexity index is 545. The number of rotatable bonds is 5. The summed E-state index contributed by atoms with van der Waals surface area (Å²) in [6.45, 7) is 0. The second kappa shape index (κ2) is 6.33. The number of carboxylic acid groups (broad SMARTS) is 1. The highest BCUT2D eigenvalue weighted by Gasteiger charge is 2.20. The van der Waals surface area contributed by atoms with Crippen LogP contribution < -0.4 is 0 Å². The summed E-state index contributed by atoms with van der Waals surface area (Å²) in [4.78, 5) is 15.1. The molecule has 2 rings (SSSR count). The van der Waals surface area contributed by atoms with Gasteiger partial charge in [0, 0.05) is 0 Å². The van der Waals surface area contributed by atoms with E-state index < -0.39 is 17.0 Å². The van der Waals surface area contributed by atoms with Crippen LogP contribution in [0, 0.1) is 5.82 Å². The molecule has 1 N–H and O–H groups in total. The lowest BCUT2D eigenvalue weighted by atomic mass is 10.1. The minimum atomic E-state index is -0.903. The van der Waals surface area contributed by atoms with E-state index in [1.165, 1.54) is 12.1 Å². The number of thioether (sulfide) groups is 1. The van der Waals surface area contributed by atoms with E-state index in [0.717, 1.165) is 23.5 Å². The van der Waals surface area contributed by atoms with Gasteiger partial charge in [-0.05, 0) is 24.1 Å². The molecule has 0 aliphatic carbocycles. The third-order valence-corrected chi connectivity index (χ3v) is 3.64. The van der Waals surface area contributed by atoms with Crippen LogP contribution in [0.5, 0.6) is 0 Å². The molecule has 0 bridgehead atoms. The van der Waals surface area contributed by atoms with Crippen LogP contribution in [0.1, 0.15) is 5.56 Å². The molecule has 19 heavy (non-hydrogen) atoms. The molecule has 0 saturated heterocycles. The molecule has 98 valence electrons. The average molecular weight is 277 g/mol. The maximum absolute atomic E-state index is 12.7. The van der Waals surface area contributed by atoms with Crippen molar-refractivity contribution in [3.8, 4) is 0 Å². The Morgan fingerprint density at radius 2 is 2.00 bits per heavy atom. The first kappa shape index (κ1) is 13.5. The first-order chi connectivity index (χ1) is 9.15. The van der Waals surface area contributed by atoms with E-state index in [0.29, 0.717) is 11.4 Å². The minimum absolute atomic E-state index is 0.403. The lowest BCUT2D eigenvalue weighted by Gasteiger charge is -2.11. The summed E-state index contributed by atoms with van der Waals surface area (Å²) in [5.41, 5.74) is 0.949. The van der Waals surface area contributed by atoms with Crippen molar-refractivity contribution in [2.24, 2.45) is 0 Å². The van der Waals surface area contributed by atoms with Gasteiger partial charge in [-0.15, -0.1) is 0 Å². The van der Waals surface area contributed by atoms with Gasteiger partial charge in [-0.3, -0.25) is 4.79 Å². The van der Waals surface area contributed by atoms with Crippen molar-refractivity contribution in [1.82, 2.24) is 4.98 Å². The maximum atomic E-state index is 12.7. The average Bonchev–Trinajstić information content (AvgIpc) is 2.41. The fourth-order valence-electron chi connectivity index (χ4n) is 1.59. The van der Waals surface area contributed by atoms with Gasteiger partial charge in [-0.25, -0.2) is 9.37 Å². The van der Waals surface area contributed by atoms with E-state index >= 15 is 0 Å². The van der Waals surface area contributed by atoms with Gasteiger partial charge in [-0.1, -0.05) is 42.1 Å². The number of carboxylic acids is 1. The van der Waals surface area contributed by atoms with Gasteiger partial charge < -0.3 is 5.11 Å². The zero-order valence-electron chi connectivity index (χ0n) is 9.99. The first-order valence-electron chi connectivity index (χ1n) is 5.70. The summed E-state index contributed by atoms with van der Waals surface area (Å²) in [6, 6.07) is 12.2. The van der Waals surface area contributed by atoms with Crippen molar-refractivity contribution in [3.05, 3.63) is 60.0 Å². The fraction of sp³-hybridized carbons (Fsp3) is 0.143. The van der Waals surface area contributed by atoms with Crippen LogP contribution in [0.25, 0.3) is 0 Å². The van der Waals surface area contributed by atoms with Crippen LogP contribution in [-0.4, -0.2) is 21.3 Å². The summed E-state index contributed by atoms with van der Waals surface area (Å²) < 4.78 is 12.7. The predicted octanol–water partition coefficient (Wildman–Crippen LogP) is 3.01. The molecule has 1 unspecified atom stereocenters. The van der Waals surface area contributed by atoms with Gasteiger partial charge in [0.25, 0.3) is 0 Å². The minimum Gasteiger partial charge on any atom is -0.480 e. The second-order valence-corrected chi connectivity index (χ2v) is 5.17. The van der Waals surface area contributed by atoms with Crippen molar-refractivity contribution in [3.63, 3.8) is 0 Å². The number of aliphatic carboxylic acids is 1. The van der Waals surface area contributed by atoms with Crippen molar-refractivity contribution >= 4 is 17.7 Å². The van der Waals surface area contributed by atoms with Gasteiger partial charge in [0.15, 0.2) is 0 Å². The summed E-state index contributed by atoms with van der Waals surface area (Å²) in [5, 5.41) is 9.09. The lowest BCUT2D eigenvalue weighted by molar-refractivity contribution is -0.136. The van der Waals surface area contributed by atoms with Crippen molar-refractivity contribution in [1.29, 1.82) is 0 Å². The van der Waals surface area contributed by atoms with E-state index in [1.54, 1.807) is 0 Å². The van der Waals surface area contributed by atoms with E-state index in [4.69, 9.17) is 0 Å². The number of aromatic nitrogens is 1. The second-order valence-electron chi connectivity index (χ2n) is 3.95. The van der Waals surface area contributed by atoms with Crippen LogP contribution in [-0.2, 0) is 11.2 Å². The zero-order valence-corrected chi connectivity index (χ0v) is 10.8. The number of halogens is 1. The van der Waals surface area contributed by atoms with E-state index in [1.807, 2.05) is 30.3 Å². The SMILES string of the molecule is O=C(O)C(Cc1ccccc1)Sc1ccc(F)cn1. The summed E-state index contributed by atoms with van der Waals surface area (Å²) in [7, 11) is 0. The molecule has 5 heteroatoms. The Morgan fingerprint density at radius 3 is 2.58 bits per heavy atom. The Kier molecular flexibility index (Phi) is 4.52. The molecule has 0 spiro atoms. The highest BCUT2D eigenvalue weighted by atomic mass is 32.2. The lowest BCUT2D eigenvalue weighted by Crippen LogP contribution is -2.19. The number of nitrogens with zero attached hydrogens (tertiary/aromatic N) is 1. The number of hydrogen-bond donors (Lipinski definition) is 1. The van der Waals surface area contributed by atoms with Gasteiger partial charge in [0.1, 0.15) is 11.1 Å². The van der Waals surface area contributed by atoms with Crippen molar-refractivity contribution in [2.75, 3.05) is 0 Å². The molecule has 1 atom stereocenters. The van der Waals surface area contributed by atoms with Crippen LogP contribution in [0.3, 0.4) is 0 Å². The molecule has 1 aromatic carbocycles. The summed E-state index contributed by atoms with van der Waals surface area (Å²) in [5.74, 6) is -1.33. The monoisotopic (exact) mass is 277 g/mol. The van der Waals surface area contributed by atoms with Crippen LogP contribution in [0.2, 0.25) is 0 Å². The normalized spacial score (nSPS) is 12.1. The molecule has 1 aromatic heterocycles. The maximum Gasteiger partial charge on any atom is 0.317 e. The highest BCUT2D eigenvalue weighted by molar-refractivity contribution is 8.00. The Labute approximate surface area is 114 Å². The summed E-state index contributed by atoms with van der Waals surface area (Å²) >= 11 is 1.12. The van der Waals surface area contributed by atoms with Gasteiger partial charge in [-0.2, -0.15) is 0 Å². The number of pyridine rings is 1. The smallest absolute Gasteiger partial charge is 0.317 e. The molecule has 0 saturated carbocycles. The van der Waals surface area contributed by atoms with Gasteiger partial charge >= 0.3 is 5.97 Å². The Morgan fingerprint density at radius 1 is 1.26 bits per heavy atom. The molecule has 3 nitrogen and oxygen atoms in total. The predicted molar refractivity (Wildman–Crippen MR) is 71.6 cm³/mol. The molecule has 0 amide bonds. The third-order valence-electron chi connectivity index (χ3n) is 2.50. The number of carbonyl (C=O) groups is 1. The zero-order chi connectivity index (χ0) is 13.7. The molecular weight excluding hydrogens is 265 g/mol. The first-order valence-corrected chi connectivity index (χ1v) is 6.58. The Balaban J connectivity index is 2.08. The van der Waals surface area contributed by atoms with Gasteiger partial charge in [0.2, 0.25) is 0 Å². The van der Waals surface area contributed by atoms with Crippen LogP contribution >= 0.6 is 11.8 Å². The molecule has 0 aliphatic heterocycles. The summed E-state index contributed by atoms with van der Waals surface area (Å²) in [6.07, 6.45) is 1.49. The Hall–Kier alpha value is -1.88. The fourth-order valence-corrected chi connectivity index (χ4v) is 2.51. The van der Waals surface area contributed by atoms with Gasteiger partial charge in [0.05, 0.1) is 11.2 Å². The third kappa shape index (κ3) is 4.06. The molecule has 0 aliphatic rings. The number of benzene rings is 1. The topological polar surface area (TPSA) is 50.2 Å². The molecular formula is C14H12FNO2S. The molecule has 2 aromatic rings. The molecule has 1 heterocycles. The van der Waals surface area contributed by atoms with Crippen LogP contribution in [0.15, 0.2) is 53.7 Å². The standard InChI is InChI=1S/C14H12FNO2S/c15-11-6-7-13(16-9-11)19-12(14(17)18)8-10-4-2-1-3-5-10/h1-7,9,12H,8H2,(H,17,18). The molecule has 0 fully saturated rings. The largest absolute Gasteiger partial charge is 0.480 e. The quantitative estimate of drug-likeness (QED) is 0.854. The van der Waals surface area contributed by atoms with Crippen molar-refractivity contribution in [2.45, 2.75) is 16.7 Å². The number of hydrogen-bond acceptors (Lipinski definition) is 3. The van der Waals surface area contributed by atoms with E-state index in [2.05, 4.69) is 4.98 Å². The van der Waals surface area contributed by atoms with E-state index in [9.17, 15) is 14.3 Å². The van der Waals surface area contributed by atoms with Crippen LogP contribution in [0.4, 0.5) is 4.39 Å². The molecule has 0 radical (unpaired) electrons. The van der Waals surface area contributed by atoms with E-state index in [-0.39, 0.29) is 0 Å².